The zero-order valence-corrected chi connectivity index (χ0v) is 26.8. The van der Waals surface area contributed by atoms with Gasteiger partial charge in [-0.05, 0) is 60.7 Å². The van der Waals surface area contributed by atoms with Gasteiger partial charge in [0.1, 0.15) is 5.75 Å². The normalized spacial score (nSPS) is 14.7. The number of carbonyl (C=O) groups is 1. The fourth-order valence-electron chi connectivity index (χ4n) is 5.54. The number of rotatable bonds is 9. The zero-order valence-electron chi connectivity index (χ0n) is 26.0. The van der Waals surface area contributed by atoms with Crippen molar-refractivity contribution in [2.24, 2.45) is 4.99 Å². The molecule has 0 N–H and O–H groups in total. The van der Waals surface area contributed by atoms with Crippen LogP contribution in [0.1, 0.15) is 60.5 Å². The van der Waals surface area contributed by atoms with Crippen LogP contribution in [0, 0.1) is 6.92 Å². The van der Waals surface area contributed by atoms with Crippen LogP contribution in [0.25, 0.3) is 11.8 Å². The smallest absolute Gasteiger partial charge is 0.338 e. The summed E-state index contributed by atoms with van der Waals surface area (Å²) in [5, 5.41) is 0. The SMILES string of the molecule is CCOC(=O)C1=C(c2ccccc2)N=c2s/c(=C\c3cccc(OC)c3OC)c(=O)n2[C@H]1c1cc(C(C)C)c(OC)cc1C. The molecule has 4 aromatic rings. The van der Waals surface area contributed by atoms with Crippen LogP contribution in [0.5, 0.6) is 17.2 Å². The largest absolute Gasteiger partial charge is 0.496 e. The lowest BCUT2D eigenvalue weighted by atomic mass is 9.87. The number of thiazole rings is 1. The van der Waals surface area contributed by atoms with Gasteiger partial charge in [0.2, 0.25) is 0 Å². The van der Waals surface area contributed by atoms with Crippen molar-refractivity contribution in [2.75, 3.05) is 27.9 Å². The van der Waals surface area contributed by atoms with E-state index in [0.29, 0.717) is 37.7 Å². The van der Waals surface area contributed by atoms with Crippen molar-refractivity contribution < 1.29 is 23.7 Å². The highest BCUT2D eigenvalue weighted by Crippen LogP contribution is 2.40. The molecule has 228 valence electrons. The second-order valence-electron chi connectivity index (χ2n) is 10.6. The summed E-state index contributed by atoms with van der Waals surface area (Å²) in [5.74, 6) is 1.43. The van der Waals surface area contributed by atoms with E-state index in [1.807, 2.05) is 61.5 Å². The molecular weight excluding hydrogens is 576 g/mol. The maximum absolute atomic E-state index is 14.4. The second-order valence-corrected chi connectivity index (χ2v) is 11.6. The van der Waals surface area contributed by atoms with Gasteiger partial charge in [0.05, 0.1) is 49.8 Å². The number of hydrogen-bond acceptors (Lipinski definition) is 8. The summed E-state index contributed by atoms with van der Waals surface area (Å²) in [6, 6.07) is 18.2. The number of hydrogen-bond donors (Lipinski definition) is 0. The highest BCUT2D eigenvalue weighted by atomic mass is 32.1. The molecule has 0 unspecified atom stereocenters. The summed E-state index contributed by atoms with van der Waals surface area (Å²) in [6.45, 7) is 8.07. The maximum Gasteiger partial charge on any atom is 0.338 e. The first kappa shape index (κ1) is 30.8. The number of fused-ring (bicyclic) bond motifs is 1. The standard InChI is InChI=1S/C35H36N2O6S/c1-8-43-34(39)29-30(22-13-10-9-11-14-22)36-35-37(31(29)25-19-24(20(2)3)27(41-6)17-21(25)4)33(38)28(44-35)18-23-15-12-16-26(40-5)32(23)42-7/h9-20,31H,8H2,1-7H3/b28-18-/t31-/m0/s1. The van der Waals surface area contributed by atoms with E-state index in [9.17, 15) is 9.59 Å². The van der Waals surface area contributed by atoms with Crippen LogP contribution in [0.4, 0.5) is 0 Å². The van der Waals surface area contributed by atoms with Gasteiger partial charge >= 0.3 is 5.97 Å². The van der Waals surface area contributed by atoms with Crippen molar-refractivity contribution in [1.82, 2.24) is 4.57 Å². The summed E-state index contributed by atoms with van der Waals surface area (Å²) >= 11 is 1.26. The third-order valence-electron chi connectivity index (χ3n) is 7.63. The molecule has 8 nitrogen and oxygen atoms in total. The lowest BCUT2D eigenvalue weighted by Gasteiger charge is -2.28. The molecular formula is C35H36N2O6S. The Morgan fingerprint density at radius 2 is 1.73 bits per heavy atom. The molecule has 44 heavy (non-hydrogen) atoms. The van der Waals surface area contributed by atoms with E-state index in [1.54, 1.807) is 45.0 Å². The van der Waals surface area contributed by atoms with Gasteiger partial charge in [-0.2, -0.15) is 0 Å². The Hall–Kier alpha value is -4.63. The molecule has 1 aliphatic rings. The van der Waals surface area contributed by atoms with E-state index in [2.05, 4.69) is 13.8 Å². The van der Waals surface area contributed by atoms with Crippen molar-refractivity contribution in [3.8, 4) is 17.2 Å². The molecule has 3 aromatic carbocycles. The van der Waals surface area contributed by atoms with Gasteiger partial charge < -0.3 is 18.9 Å². The first-order valence-electron chi connectivity index (χ1n) is 14.4. The van der Waals surface area contributed by atoms with Crippen LogP contribution in [0.15, 0.2) is 76.0 Å². The monoisotopic (exact) mass is 612 g/mol. The lowest BCUT2D eigenvalue weighted by Crippen LogP contribution is -2.40. The first-order valence-corrected chi connectivity index (χ1v) is 15.2. The first-order chi connectivity index (χ1) is 21.2. The van der Waals surface area contributed by atoms with Crippen LogP contribution in [-0.2, 0) is 9.53 Å². The maximum atomic E-state index is 14.4. The fraction of sp³-hybridized carbons (Fsp3) is 0.286. The van der Waals surface area contributed by atoms with E-state index in [0.717, 1.165) is 28.0 Å². The fourth-order valence-corrected chi connectivity index (χ4v) is 6.53. The molecule has 1 aromatic heterocycles. The number of esters is 1. The number of methoxy groups -OCH3 is 3. The minimum absolute atomic E-state index is 0.129. The molecule has 0 spiro atoms. The highest BCUT2D eigenvalue weighted by Gasteiger charge is 2.36. The van der Waals surface area contributed by atoms with Gasteiger partial charge in [-0.25, -0.2) is 9.79 Å². The Kier molecular flexibility index (Phi) is 9.06. The van der Waals surface area contributed by atoms with E-state index < -0.39 is 12.0 Å². The molecule has 1 aliphatic heterocycles. The quantitative estimate of drug-likeness (QED) is 0.236. The minimum Gasteiger partial charge on any atom is -0.496 e. The summed E-state index contributed by atoms with van der Waals surface area (Å²) in [4.78, 5) is 33.7. The molecule has 5 rings (SSSR count). The predicted octanol–water partition coefficient (Wildman–Crippen LogP) is 5.39. The number of carbonyl (C=O) groups excluding carboxylic acids is 1. The third kappa shape index (κ3) is 5.55. The molecule has 9 heteroatoms. The summed E-state index contributed by atoms with van der Waals surface area (Å²) in [7, 11) is 4.78. The predicted molar refractivity (Wildman–Crippen MR) is 172 cm³/mol. The Bertz CT molecular complexity index is 1920. The molecule has 0 aliphatic carbocycles. The van der Waals surface area contributed by atoms with Crippen LogP contribution in [-0.4, -0.2) is 38.5 Å². The molecule has 0 radical (unpaired) electrons. The van der Waals surface area contributed by atoms with E-state index >= 15 is 0 Å². The third-order valence-corrected chi connectivity index (χ3v) is 8.61. The molecule has 0 fully saturated rings. The van der Waals surface area contributed by atoms with Crippen molar-refractivity contribution in [3.63, 3.8) is 0 Å². The Morgan fingerprint density at radius 1 is 1.00 bits per heavy atom. The van der Waals surface area contributed by atoms with Crippen molar-refractivity contribution in [1.29, 1.82) is 0 Å². The Morgan fingerprint density at radius 3 is 2.36 bits per heavy atom. The van der Waals surface area contributed by atoms with Gasteiger partial charge in [-0.3, -0.25) is 9.36 Å². The van der Waals surface area contributed by atoms with E-state index in [-0.39, 0.29) is 18.1 Å². The number of nitrogens with zero attached hydrogens (tertiary/aromatic N) is 2. The number of para-hydroxylation sites is 1. The Balaban J connectivity index is 1.89. The van der Waals surface area contributed by atoms with Gasteiger partial charge in [0.25, 0.3) is 5.56 Å². The molecule has 2 heterocycles. The molecule has 0 saturated carbocycles. The number of ether oxygens (including phenoxy) is 4. The number of aryl methyl sites for hydroxylation is 1. The topological polar surface area (TPSA) is 88.4 Å². The van der Waals surface area contributed by atoms with Gasteiger partial charge in [0, 0.05) is 11.1 Å². The summed E-state index contributed by atoms with van der Waals surface area (Å²) < 4.78 is 24.5. The second kappa shape index (κ2) is 12.9. The van der Waals surface area contributed by atoms with Crippen molar-refractivity contribution in [2.45, 2.75) is 39.7 Å². The lowest BCUT2D eigenvalue weighted by molar-refractivity contribution is -0.138. The van der Waals surface area contributed by atoms with Gasteiger partial charge in [-0.15, -0.1) is 0 Å². The molecule has 1 atom stereocenters. The number of benzene rings is 3. The molecule has 0 amide bonds. The highest BCUT2D eigenvalue weighted by molar-refractivity contribution is 7.07. The minimum atomic E-state index is -0.793. The van der Waals surface area contributed by atoms with E-state index in [4.69, 9.17) is 23.9 Å². The molecule has 0 bridgehead atoms. The van der Waals surface area contributed by atoms with Gasteiger partial charge in [-0.1, -0.05) is 67.6 Å². The van der Waals surface area contributed by atoms with E-state index in [1.165, 1.54) is 11.3 Å². The summed E-state index contributed by atoms with van der Waals surface area (Å²) in [6.07, 6.45) is 1.78. The van der Waals surface area contributed by atoms with Gasteiger partial charge in [0.15, 0.2) is 16.3 Å². The average molecular weight is 613 g/mol. The molecule has 0 saturated heterocycles. The van der Waals surface area contributed by atoms with Crippen LogP contribution >= 0.6 is 11.3 Å². The average Bonchev–Trinajstić information content (AvgIpc) is 3.34. The van der Waals surface area contributed by atoms with Crippen molar-refractivity contribution >= 4 is 29.1 Å². The Labute approximate surface area is 260 Å². The van der Waals surface area contributed by atoms with Crippen molar-refractivity contribution in [3.05, 3.63) is 114 Å². The zero-order chi connectivity index (χ0) is 31.5. The van der Waals surface area contributed by atoms with Crippen LogP contribution < -0.4 is 29.1 Å². The van der Waals surface area contributed by atoms with Crippen LogP contribution in [0.3, 0.4) is 0 Å². The van der Waals surface area contributed by atoms with Crippen LogP contribution in [0.2, 0.25) is 0 Å². The number of aromatic nitrogens is 1. The summed E-state index contributed by atoms with van der Waals surface area (Å²) in [5.41, 5.74) is 4.58.